The molecule has 0 N–H and O–H groups in total. The fourth-order valence-electron chi connectivity index (χ4n) is 2.24. The molecule has 0 unspecified atom stereocenters. The number of allylic oxidation sites excluding steroid dienone is 4. The molecular weight excluding hydrogens is 168 g/mol. The summed E-state index contributed by atoms with van der Waals surface area (Å²) in [6, 6.07) is 0. The van der Waals surface area contributed by atoms with Gasteiger partial charge in [-0.15, -0.1) is 0 Å². The topological polar surface area (TPSA) is 0 Å². The summed E-state index contributed by atoms with van der Waals surface area (Å²) in [6.45, 7) is 9.94. The number of hydrogen-bond acceptors (Lipinski definition) is 0. The molecule has 0 spiro atoms. The van der Waals surface area contributed by atoms with Gasteiger partial charge in [-0.25, -0.2) is 0 Å². The van der Waals surface area contributed by atoms with Gasteiger partial charge in [-0.1, -0.05) is 51.2 Å². The Morgan fingerprint density at radius 2 is 1.86 bits per heavy atom. The molecule has 0 aromatic carbocycles. The summed E-state index contributed by atoms with van der Waals surface area (Å²) in [5.74, 6) is 1.83. The SMILES string of the molecule is C=C/C=C(\C=C)CC1CCC(C)CC1. The van der Waals surface area contributed by atoms with Crippen LogP contribution in [0.5, 0.6) is 0 Å². The Balaban J connectivity index is 2.39. The highest BCUT2D eigenvalue weighted by Crippen LogP contribution is 2.32. The molecule has 0 nitrogen and oxygen atoms in total. The van der Waals surface area contributed by atoms with Crippen molar-refractivity contribution < 1.29 is 0 Å². The van der Waals surface area contributed by atoms with Crippen LogP contribution in [0.4, 0.5) is 0 Å². The lowest BCUT2D eigenvalue weighted by Crippen LogP contribution is -2.12. The van der Waals surface area contributed by atoms with Crippen LogP contribution in [0, 0.1) is 11.8 Å². The van der Waals surface area contributed by atoms with E-state index in [9.17, 15) is 0 Å². The molecule has 78 valence electrons. The van der Waals surface area contributed by atoms with E-state index in [4.69, 9.17) is 0 Å². The minimum absolute atomic E-state index is 0.885. The highest BCUT2D eigenvalue weighted by atomic mass is 14.2. The molecule has 0 heterocycles. The van der Waals surface area contributed by atoms with Crippen molar-refractivity contribution in [2.75, 3.05) is 0 Å². The minimum atomic E-state index is 0.885. The smallest absolute Gasteiger partial charge is 0.0251 e. The number of rotatable bonds is 4. The molecule has 0 radical (unpaired) electrons. The van der Waals surface area contributed by atoms with E-state index >= 15 is 0 Å². The van der Waals surface area contributed by atoms with Crippen LogP contribution in [0.1, 0.15) is 39.0 Å². The maximum Gasteiger partial charge on any atom is -0.0251 e. The number of hydrogen-bond donors (Lipinski definition) is 0. The summed E-state index contributed by atoms with van der Waals surface area (Å²) < 4.78 is 0. The van der Waals surface area contributed by atoms with E-state index in [1.807, 2.05) is 12.2 Å². The zero-order valence-electron chi connectivity index (χ0n) is 9.34. The fraction of sp³-hybridized carbons (Fsp3) is 0.571. The van der Waals surface area contributed by atoms with E-state index in [-0.39, 0.29) is 0 Å². The predicted octanol–water partition coefficient (Wildman–Crippen LogP) is 4.50. The third kappa shape index (κ3) is 3.53. The molecule has 0 atom stereocenters. The highest BCUT2D eigenvalue weighted by molar-refractivity contribution is 5.21. The van der Waals surface area contributed by atoms with Crippen LogP contribution in [-0.2, 0) is 0 Å². The minimum Gasteiger partial charge on any atom is -0.0991 e. The quantitative estimate of drug-likeness (QED) is 0.572. The lowest BCUT2D eigenvalue weighted by Gasteiger charge is -2.26. The largest absolute Gasteiger partial charge is 0.0991 e. The van der Waals surface area contributed by atoms with Gasteiger partial charge in [0.05, 0.1) is 0 Å². The van der Waals surface area contributed by atoms with E-state index in [2.05, 4.69) is 26.2 Å². The van der Waals surface area contributed by atoms with Crippen molar-refractivity contribution in [3.8, 4) is 0 Å². The first-order valence-corrected chi connectivity index (χ1v) is 5.70. The Bertz CT molecular complexity index is 214. The Kier molecular flexibility index (Phi) is 4.72. The van der Waals surface area contributed by atoms with Crippen LogP contribution >= 0.6 is 0 Å². The maximum atomic E-state index is 3.84. The average molecular weight is 190 g/mol. The monoisotopic (exact) mass is 190 g/mol. The summed E-state index contributed by atoms with van der Waals surface area (Å²) in [5, 5.41) is 0. The first-order valence-electron chi connectivity index (χ1n) is 5.70. The summed E-state index contributed by atoms with van der Waals surface area (Å²) in [6.07, 6.45) is 12.7. The lowest BCUT2D eigenvalue weighted by molar-refractivity contribution is 0.289. The molecule has 14 heavy (non-hydrogen) atoms. The average Bonchev–Trinajstić information content (AvgIpc) is 2.20. The van der Waals surface area contributed by atoms with Gasteiger partial charge in [0.25, 0.3) is 0 Å². The van der Waals surface area contributed by atoms with Crippen molar-refractivity contribution in [3.05, 3.63) is 37.0 Å². The van der Waals surface area contributed by atoms with E-state index in [1.54, 1.807) is 0 Å². The standard InChI is InChI=1S/C14H22/c1-4-6-13(5-2)11-14-9-7-12(3)8-10-14/h4-6,12,14H,1-2,7-11H2,3H3/b13-6+. The summed E-state index contributed by atoms with van der Waals surface area (Å²) in [7, 11) is 0. The third-order valence-corrected chi connectivity index (χ3v) is 3.25. The van der Waals surface area contributed by atoms with Crippen molar-refractivity contribution in [1.29, 1.82) is 0 Å². The van der Waals surface area contributed by atoms with Crippen molar-refractivity contribution in [1.82, 2.24) is 0 Å². The normalized spacial score (nSPS) is 28.5. The third-order valence-electron chi connectivity index (χ3n) is 3.25. The fourth-order valence-corrected chi connectivity index (χ4v) is 2.24. The molecule has 0 aliphatic heterocycles. The Morgan fingerprint density at radius 1 is 1.21 bits per heavy atom. The van der Waals surface area contributed by atoms with Gasteiger partial charge < -0.3 is 0 Å². The molecule has 1 fully saturated rings. The molecule has 0 heteroatoms. The molecule has 1 aliphatic rings. The first kappa shape index (κ1) is 11.3. The Morgan fingerprint density at radius 3 is 2.36 bits per heavy atom. The van der Waals surface area contributed by atoms with Crippen LogP contribution in [-0.4, -0.2) is 0 Å². The van der Waals surface area contributed by atoms with Crippen LogP contribution in [0.3, 0.4) is 0 Å². The molecule has 0 aromatic rings. The second-order valence-electron chi connectivity index (χ2n) is 4.51. The van der Waals surface area contributed by atoms with Crippen molar-refractivity contribution in [2.24, 2.45) is 11.8 Å². The summed E-state index contributed by atoms with van der Waals surface area (Å²) in [5.41, 5.74) is 1.35. The molecule has 0 aromatic heterocycles. The molecular formula is C14H22. The zero-order valence-corrected chi connectivity index (χ0v) is 9.34. The Labute approximate surface area is 88.4 Å². The van der Waals surface area contributed by atoms with Crippen molar-refractivity contribution in [2.45, 2.75) is 39.0 Å². The van der Waals surface area contributed by atoms with Crippen LogP contribution in [0.15, 0.2) is 37.0 Å². The van der Waals surface area contributed by atoms with Gasteiger partial charge in [-0.3, -0.25) is 0 Å². The van der Waals surface area contributed by atoms with Gasteiger partial charge >= 0.3 is 0 Å². The Hall–Kier alpha value is -0.780. The first-order chi connectivity index (χ1) is 6.76. The summed E-state index contributed by atoms with van der Waals surface area (Å²) in [4.78, 5) is 0. The lowest BCUT2D eigenvalue weighted by atomic mass is 9.80. The maximum absolute atomic E-state index is 3.84. The van der Waals surface area contributed by atoms with Gasteiger partial charge in [0.1, 0.15) is 0 Å². The van der Waals surface area contributed by atoms with E-state index in [1.165, 1.54) is 37.7 Å². The van der Waals surface area contributed by atoms with Gasteiger partial charge in [0.15, 0.2) is 0 Å². The van der Waals surface area contributed by atoms with Gasteiger partial charge in [0, 0.05) is 0 Å². The second-order valence-corrected chi connectivity index (χ2v) is 4.51. The molecule has 1 saturated carbocycles. The summed E-state index contributed by atoms with van der Waals surface area (Å²) >= 11 is 0. The molecule has 0 saturated heterocycles. The molecule has 0 bridgehead atoms. The van der Waals surface area contributed by atoms with E-state index in [0.29, 0.717) is 0 Å². The van der Waals surface area contributed by atoms with Gasteiger partial charge in [0.2, 0.25) is 0 Å². The highest BCUT2D eigenvalue weighted by Gasteiger charge is 2.18. The molecule has 1 aliphatic carbocycles. The second kappa shape index (κ2) is 5.85. The van der Waals surface area contributed by atoms with Crippen molar-refractivity contribution >= 4 is 0 Å². The van der Waals surface area contributed by atoms with Gasteiger partial charge in [-0.2, -0.15) is 0 Å². The van der Waals surface area contributed by atoms with E-state index < -0.39 is 0 Å². The van der Waals surface area contributed by atoms with Crippen LogP contribution in [0.25, 0.3) is 0 Å². The molecule has 1 rings (SSSR count). The van der Waals surface area contributed by atoms with Crippen LogP contribution in [0.2, 0.25) is 0 Å². The van der Waals surface area contributed by atoms with Crippen molar-refractivity contribution in [3.63, 3.8) is 0 Å². The van der Waals surface area contributed by atoms with Crippen LogP contribution < -0.4 is 0 Å². The van der Waals surface area contributed by atoms with E-state index in [0.717, 1.165) is 11.8 Å². The zero-order chi connectivity index (χ0) is 10.4. The van der Waals surface area contributed by atoms with Gasteiger partial charge in [-0.05, 0) is 36.7 Å². The predicted molar refractivity (Wildman–Crippen MR) is 64.2 cm³/mol. The molecule has 0 amide bonds.